The number of aromatic nitrogens is 1. The first-order chi connectivity index (χ1) is 14.1. The zero-order valence-electron chi connectivity index (χ0n) is 18.0. The van der Waals surface area contributed by atoms with E-state index in [-0.39, 0.29) is 12.2 Å². The second kappa shape index (κ2) is 11.0. The summed E-state index contributed by atoms with van der Waals surface area (Å²) in [6.07, 6.45) is 4.73. The number of nitrogens with zero attached hydrogens (tertiary/aromatic N) is 3. The van der Waals surface area contributed by atoms with Gasteiger partial charge >= 0.3 is 0 Å². The lowest BCUT2D eigenvalue weighted by Crippen LogP contribution is -2.44. The molecule has 0 radical (unpaired) electrons. The Morgan fingerprint density at radius 3 is 2.41 bits per heavy atom. The van der Waals surface area contributed by atoms with Gasteiger partial charge in [-0.05, 0) is 44.0 Å². The zero-order chi connectivity index (χ0) is 20.5. The molecule has 1 aromatic carbocycles. The largest absolute Gasteiger partial charge is 0.373 e. The molecular weight excluding hydrogens is 362 g/mol. The Hall–Kier alpha value is -2.31. The van der Waals surface area contributed by atoms with Crippen LogP contribution in [-0.4, -0.2) is 53.8 Å². The molecule has 0 spiro atoms. The van der Waals surface area contributed by atoms with Crippen molar-refractivity contribution in [3.8, 4) is 0 Å². The van der Waals surface area contributed by atoms with Crippen molar-refractivity contribution in [1.82, 2.24) is 20.1 Å². The first-order valence-corrected chi connectivity index (χ1v) is 10.7. The second-order valence-corrected chi connectivity index (χ2v) is 7.76. The quantitative estimate of drug-likeness (QED) is 0.531. The van der Waals surface area contributed by atoms with Gasteiger partial charge in [0.15, 0.2) is 5.96 Å². The summed E-state index contributed by atoms with van der Waals surface area (Å²) in [6.45, 7) is 12.6. The first kappa shape index (κ1) is 21.4. The standard InChI is InChI=1S/C23H35N5O/c1-4-24-23(25-11-14-27-12-7-8-13-27)26-15-21-9-5-6-10-22(21)18-28-16-19(2)29-20(3)17-28/h5-10,12-13,19-20H,4,11,14-18H2,1-3H3,(H2,24,25,26). The molecule has 1 fully saturated rings. The summed E-state index contributed by atoms with van der Waals surface area (Å²) in [6, 6.07) is 12.7. The highest BCUT2D eigenvalue weighted by molar-refractivity contribution is 5.79. The lowest BCUT2D eigenvalue weighted by Gasteiger charge is -2.35. The number of aliphatic imine (C=N–C) groups is 1. The zero-order valence-corrected chi connectivity index (χ0v) is 18.0. The Bertz CT molecular complexity index is 748. The highest BCUT2D eigenvalue weighted by Gasteiger charge is 2.22. The molecule has 0 aliphatic carbocycles. The molecule has 2 heterocycles. The van der Waals surface area contributed by atoms with Gasteiger partial charge in [-0.1, -0.05) is 24.3 Å². The smallest absolute Gasteiger partial charge is 0.191 e. The number of benzene rings is 1. The fourth-order valence-corrected chi connectivity index (χ4v) is 3.85. The number of hydrogen-bond donors (Lipinski definition) is 2. The van der Waals surface area contributed by atoms with Gasteiger partial charge in [0.05, 0.1) is 18.8 Å². The summed E-state index contributed by atoms with van der Waals surface area (Å²) < 4.78 is 8.04. The number of hydrogen-bond acceptors (Lipinski definition) is 3. The summed E-state index contributed by atoms with van der Waals surface area (Å²) in [5.41, 5.74) is 2.63. The van der Waals surface area contributed by atoms with Crippen LogP contribution in [0.25, 0.3) is 0 Å². The van der Waals surface area contributed by atoms with E-state index in [1.807, 2.05) is 12.1 Å². The maximum atomic E-state index is 5.87. The summed E-state index contributed by atoms with van der Waals surface area (Å²) in [4.78, 5) is 7.32. The Balaban J connectivity index is 1.59. The third-order valence-corrected chi connectivity index (χ3v) is 5.09. The van der Waals surface area contributed by atoms with Gasteiger partial charge in [0.1, 0.15) is 0 Å². The molecule has 2 atom stereocenters. The summed E-state index contributed by atoms with van der Waals surface area (Å²) in [7, 11) is 0. The molecule has 6 nitrogen and oxygen atoms in total. The SMILES string of the molecule is CCNC(=NCc1ccccc1CN1CC(C)OC(C)C1)NCCn1cccc1. The van der Waals surface area contributed by atoms with E-state index < -0.39 is 0 Å². The van der Waals surface area contributed by atoms with Crippen molar-refractivity contribution in [2.75, 3.05) is 26.2 Å². The van der Waals surface area contributed by atoms with Gasteiger partial charge in [-0.15, -0.1) is 0 Å². The van der Waals surface area contributed by atoms with Crippen LogP contribution in [0, 0.1) is 0 Å². The predicted molar refractivity (Wildman–Crippen MR) is 119 cm³/mol. The van der Waals surface area contributed by atoms with Gasteiger partial charge < -0.3 is 19.9 Å². The van der Waals surface area contributed by atoms with Crippen LogP contribution in [0.15, 0.2) is 53.8 Å². The van der Waals surface area contributed by atoms with E-state index in [1.165, 1.54) is 11.1 Å². The molecule has 3 rings (SSSR count). The van der Waals surface area contributed by atoms with Crippen molar-refractivity contribution in [3.05, 3.63) is 59.9 Å². The maximum absolute atomic E-state index is 5.87. The second-order valence-electron chi connectivity index (χ2n) is 7.76. The summed E-state index contributed by atoms with van der Waals surface area (Å²) in [5, 5.41) is 6.78. The molecule has 1 aromatic heterocycles. The van der Waals surface area contributed by atoms with E-state index in [2.05, 4.69) is 77.5 Å². The number of morpholine rings is 1. The number of rotatable bonds is 8. The van der Waals surface area contributed by atoms with Gasteiger partial charge in [-0.25, -0.2) is 4.99 Å². The number of guanidine groups is 1. The third-order valence-electron chi connectivity index (χ3n) is 5.09. The minimum Gasteiger partial charge on any atom is -0.373 e. The molecule has 29 heavy (non-hydrogen) atoms. The molecule has 0 bridgehead atoms. The predicted octanol–water partition coefficient (Wildman–Crippen LogP) is 2.85. The van der Waals surface area contributed by atoms with Crippen LogP contribution in [-0.2, 0) is 24.4 Å². The van der Waals surface area contributed by atoms with E-state index in [0.29, 0.717) is 6.54 Å². The molecule has 1 aliphatic heterocycles. The van der Waals surface area contributed by atoms with E-state index in [1.54, 1.807) is 0 Å². The van der Waals surface area contributed by atoms with Crippen LogP contribution in [0.5, 0.6) is 0 Å². The molecule has 2 unspecified atom stereocenters. The maximum Gasteiger partial charge on any atom is 0.191 e. The van der Waals surface area contributed by atoms with Crippen molar-refractivity contribution < 1.29 is 4.74 Å². The van der Waals surface area contributed by atoms with Crippen LogP contribution < -0.4 is 10.6 Å². The fourth-order valence-electron chi connectivity index (χ4n) is 3.85. The van der Waals surface area contributed by atoms with Crippen molar-refractivity contribution in [2.24, 2.45) is 4.99 Å². The Morgan fingerprint density at radius 1 is 1.03 bits per heavy atom. The van der Waals surface area contributed by atoms with Gasteiger partial charge in [0, 0.05) is 51.7 Å². The van der Waals surface area contributed by atoms with Crippen LogP contribution in [0.1, 0.15) is 31.9 Å². The van der Waals surface area contributed by atoms with Crippen molar-refractivity contribution in [1.29, 1.82) is 0 Å². The minimum absolute atomic E-state index is 0.286. The average Bonchev–Trinajstić information content (AvgIpc) is 3.20. The van der Waals surface area contributed by atoms with Gasteiger partial charge in [0.2, 0.25) is 0 Å². The van der Waals surface area contributed by atoms with Gasteiger partial charge in [-0.2, -0.15) is 0 Å². The average molecular weight is 398 g/mol. The number of ether oxygens (including phenoxy) is 1. The Morgan fingerprint density at radius 2 is 1.72 bits per heavy atom. The molecular formula is C23H35N5O. The summed E-state index contributed by atoms with van der Waals surface area (Å²) in [5.74, 6) is 0.864. The highest BCUT2D eigenvalue weighted by atomic mass is 16.5. The highest BCUT2D eigenvalue weighted by Crippen LogP contribution is 2.17. The third kappa shape index (κ3) is 6.91. The van der Waals surface area contributed by atoms with E-state index in [0.717, 1.165) is 45.2 Å². The van der Waals surface area contributed by atoms with Crippen LogP contribution >= 0.6 is 0 Å². The molecule has 0 amide bonds. The Labute approximate surface area is 175 Å². The topological polar surface area (TPSA) is 53.8 Å². The monoisotopic (exact) mass is 397 g/mol. The molecule has 1 aliphatic rings. The van der Waals surface area contributed by atoms with Crippen molar-refractivity contribution >= 4 is 5.96 Å². The van der Waals surface area contributed by atoms with Crippen molar-refractivity contribution in [3.63, 3.8) is 0 Å². The van der Waals surface area contributed by atoms with E-state index in [4.69, 9.17) is 9.73 Å². The van der Waals surface area contributed by atoms with E-state index in [9.17, 15) is 0 Å². The van der Waals surface area contributed by atoms with Gasteiger partial charge in [-0.3, -0.25) is 4.90 Å². The molecule has 2 N–H and O–H groups in total. The normalized spacial score (nSPS) is 20.6. The summed E-state index contributed by atoms with van der Waals surface area (Å²) >= 11 is 0. The van der Waals surface area contributed by atoms with Crippen molar-refractivity contribution in [2.45, 2.75) is 52.6 Å². The lowest BCUT2D eigenvalue weighted by molar-refractivity contribution is -0.0705. The lowest BCUT2D eigenvalue weighted by atomic mass is 10.1. The van der Waals surface area contributed by atoms with E-state index >= 15 is 0 Å². The minimum atomic E-state index is 0.286. The van der Waals surface area contributed by atoms with Gasteiger partial charge in [0.25, 0.3) is 0 Å². The fraction of sp³-hybridized carbons (Fsp3) is 0.522. The number of nitrogens with one attached hydrogen (secondary N) is 2. The molecule has 158 valence electrons. The molecule has 0 saturated carbocycles. The molecule has 2 aromatic rings. The molecule has 6 heteroatoms. The molecule has 1 saturated heterocycles. The first-order valence-electron chi connectivity index (χ1n) is 10.7. The Kier molecular flexibility index (Phi) is 8.14. The van der Waals surface area contributed by atoms with Crippen LogP contribution in [0.3, 0.4) is 0 Å². The van der Waals surface area contributed by atoms with Crippen LogP contribution in [0.4, 0.5) is 0 Å². The van der Waals surface area contributed by atoms with Crippen LogP contribution in [0.2, 0.25) is 0 Å².